The Bertz CT molecular complexity index is 1250. The molecule has 4 rings (SSSR count). The zero-order chi connectivity index (χ0) is 26.5. The minimum Gasteiger partial charge on any atom is -0.497 e. The van der Waals surface area contributed by atoms with Gasteiger partial charge >= 0.3 is 5.97 Å². The van der Waals surface area contributed by atoms with Gasteiger partial charge in [-0.2, -0.15) is 0 Å². The summed E-state index contributed by atoms with van der Waals surface area (Å²) in [6, 6.07) is 14.8. The van der Waals surface area contributed by atoms with Crippen molar-refractivity contribution >= 4 is 28.8 Å². The maximum Gasteiger partial charge on any atom is 0.338 e. The van der Waals surface area contributed by atoms with E-state index in [0.29, 0.717) is 34.5 Å². The summed E-state index contributed by atoms with van der Waals surface area (Å²) in [5.74, 6) is 0.701. The molecule has 1 atom stereocenters. The number of hydrogen-bond donors (Lipinski definition) is 0. The highest BCUT2D eigenvalue weighted by atomic mass is 32.2. The van der Waals surface area contributed by atoms with Crippen LogP contribution in [0.3, 0.4) is 0 Å². The van der Waals surface area contributed by atoms with Crippen molar-refractivity contribution in [2.24, 2.45) is 4.99 Å². The molecule has 0 bridgehead atoms. The summed E-state index contributed by atoms with van der Waals surface area (Å²) < 4.78 is 16.4. The molecule has 9 heteroatoms. The van der Waals surface area contributed by atoms with Gasteiger partial charge in [0.1, 0.15) is 11.5 Å². The van der Waals surface area contributed by atoms with Crippen LogP contribution in [-0.2, 0) is 20.9 Å². The first kappa shape index (κ1) is 26.3. The van der Waals surface area contributed by atoms with Crippen molar-refractivity contribution in [3.8, 4) is 11.5 Å². The lowest BCUT2D eigenvalue weighted by Gasteiger charge is -2.36. The maximum absolute atomic E-state index is 13.3. The predicted molar refractivity (Wildman–Crippen MR) is 144 cm³/mol. The molecule has 0 saturated carbocycles. The lowest BCUT2D eigenvalue weighted by atomic mass is 9.93. The van der Waals surface area contributed by atoms with Gasteiger partial charge < -0.3 is 24.0 Å². The average Bonchev–Trinajstić information content (AvgIpc) is 3.29. The lowest BCUT2D eigenvalue weighted by molar-refractivity contribution is -0.139. The monoisotopic (exact) mass is 521 g/mol. The summed E-state index contributed by atoms with van der Waals surface area (Å²) in [4.78, 5) is 34.8. The Morgan fingerprint density at radius 1 is 1.08 bits per heavy atom. The van der Waals surface area contributed by atoms with Crippen molar-refractivity contribution in [3.05, 3.63) is 82.0 Å². The second-order valence-electron chi connectivity index (χ2n) is 8.67. The van der Waals surface area contributed by atoms with E-state index in [0.717, 1.165) is 16.8 Å². The van der Waals surface area contributed by atoms with Crippen molar-refractivity contribution < 1.29 is 23.8 Å². The summed E-state index contributed by atoms with van der Waals surface area (Å²) >= 11 is 1.44. The average molecular weight is 522 g/mol. The number of aliphatic imine (C=N–C) groups is 1. The van der Waals surface area contributed by atoms with Crippen LogP contribution in [0.4, 0.5) is 0 Å². The highest BCUT2D eigenvalue weighted by Crippen LogP contribution is 2.46. The van der Waals surface area contributed by atoms with Crippen molar-refractivity contribution in [2.45, 2.75) is 32.9 Å². The molecule has 2 aromatic carbocycles. The van der Waals surface area contributed by atoms with Crippen LogP contribution in [0.15, 0.2) is 75.9 Å². The first-order chi connectivity index (χ1) is 17.9. The number of amidine groups is 1. The number of thioether (sulfide) groups is 1. The molecule has 0 N–H and O–H groups in total. The van der Waals surface area contributed by atoms with E-state index in [-0.39, 0.29) is 18.9 Å². The molecule has 2 aromatic rings. The molecule has 0 saturated heterocycles. The summed E-state index contributed by atoms with van der Waals surface area (Å²) in [5.41, 5.74) is 3.57. The molecule has 0 fully saturated rings. The minimum atomic E-state index is -0.566. The van der Waals surface area contributed by atoms with Gasteiger partial charge in [0.05, 0.1) is 44.6 Å². The van der Waals surface area contributed by atoms with Gasteiger partial charge in [-0.3, -0.25) is 4.79 Å². The molecule has 194 valence electrons. The van der Waals surface area contributed by atoms with Gasteiger partial charge in [-0.25, -0.2) is 9.79 Å². The van der Waals surface area contributed by atoms with Gasteiger partial charge in [0.25, 0.3) is 0 Å². The third-order valence-corrected chi connectivity index (χ3v) is 7.09. The van der Waals surface area contributed by atoms with Gasteiger partial charge in [-0.1, -0.05) is 42.1 Å². The number of fused-ring (bicyclic) bond motifs is 1. The third-order valence-electron chi connectivity index (χ3n) is 6.21. The molecule has 8 nitrogen and oxygen atoms in total. The molecule has 37 heavy (non-hydrogen) atoms. The van der Waals surface area contributed by atoms with Gasteiger partial charge in [0.15, 0.2) is 5.17 Å². The minimum absolute atomic E-state index is 0.0390. The quantitative estimate of drug-likeness (QED) is 0.435. The Morgan fingerprint density at radius 3 is 2.38 bits per heavy atom. The number of rotatable bonds is 9. The highest BCUT2D eigenvalue weighted by molar-refractivity contribution is 8.16. The van der Waals surface area contributed by atoms with E-state index in [1.165, 1.54) is 11.8 Å². The van der Waals surface area contributed by atoms with Crippen LogP contribution < -0.4 is 9.47 Å². The molecule has 0 unspecified atom stereocenters. The normalized spacial score (nSPS) is 16.6. The van der Waals surface area contributed by atoms with Crippen LogP contribution in [-0.4, -0.2) is 54.7 Å². The molecular formula is C28H31N3O5S. The van der Waals surface area contributed by atoms with Crippen molar-refractivity contribution in [3.63, 3.8) is 0 Å². The Morgan fingerprint density at radius 2 is 1.76 bits per heavy atom. The highest BCUT2D eigenvalue weighted by Gasteiger charge is 2.41. The molecule has 1 amide bonds. The molecule has 0 aliphatic carbocycles. The Hall–Kier alpha value is -3.72. The largest absolute Gasteiger partial charge is 0.497 e. The van der Waals surface area contributed by atoms with E-state index < -0.39 is 12.0 Å². The standard InChI is InChI=1S/C28H31N3O5S/c1-6-36-27(33)25-18(2)29-28-31(26(25)20-12-22(34-4)15-23(13-20)35-5)21(17-37-28)14-24(32)30(3)16-19-10-8-7-9-11-19/h7-13,15,17,26H,6,14,16H2,1-5H3/t26-/m1/s1. The van der Waals surface area contributed by atoms with Crippen molar-refractivity contribution in [1.29, 1.82) is 0 Å². The topological polar surface area (TPSA) is 80.7 Å². The Balaban J connectivity index is 1.70. The molecule has 0 aromatic heterocycles. The predicted octanol–water partition coefficient (Wildman–Crippen LogP) is 4.89. The summed E-state index contributed by atoms with van der Waals surface area (Å²) in [6.07, 6.45) is 0.155. The number of methoxy groups -OCH3 is 2. The van der Waals surface area contributed by atoms with Crippen LogP contribution >= 0.6 is 11.8 Å². The number of benzene rings is 2. The van der Waals surface area contributed by atoms with E-state index in [2.05, 4.69) is 0 Å². The smallest absolute Gasteiger partial charge is 0.338 e. The van der Waals surface area contributed by atoms with Crippen LogP contribution in [0, 0.1) is 0 Å². The zero-order valence-electron chi connectivity index (χ0n) is 21.7. The fraction of sp³-hybridized carbons (Fsp3) is 0.321. The van der Waals surface area contributed by atoms with Gasteiger partial charge in [0, 0.05) is 25.4 Å². The summed E-state index contributed by atoms with van der Waals surface area (Å²) in [7, 11) is 4.96. The Labute approximate surface area is 221 Å². The zero-order valence-corrected chi connectivity index (χ0v) is 22.5. The second-order valence-corrected chi connectivity index (χ2v) is 9.51. The fourth-order valence-electron chi connectivity index (χ4n) is 4.38. The van der Waals surface area contributed by atoms with Gasteiger partial charge in [0.2, 0.25) is 5.91 Å². The molecule has 2 aliphatic rings. The van der Waals surface area contributed by atoms with Crippen LogP contribution in [0.1, 0.15) is 37.4 Å². The third kappa shape index (κ3) is 5.67. The van der Waals surface area contributed by atoms with Crippen molar-refractivity contribution in [2.75, 3.05) is 27.9 Å². The Kier molecular flexibility index (Phi) is 8.23. The van der Waals surface area contributed by atoms with Crippen LogP contribution in [0.25, 0.3) is 0 Å². The number of esters is 1. The number of allylic oxidation sites excluding steroid dienone is 1. The molecular weight excluding hydrogens is 490 g/mol. The number of nitrogens with zero attached hydrogens (tertiary/aromatic N) is 3. The SMILES string of the molecule is CCOC(=O)C1=C(C)N=C2SC=C(CC(=O)N(C)Cc3ccccc3)N2[C@@H]1c1cc(OC)cc(OC)c1. The van der Waals surface area contributed by atoms with E-state index in [4.69, 9.17) is 19.2 Å². The van der Waals surface area contributed by atoms with Gasteiger partial charge in [-0.15, -0.1) is 0 Å². The van der Waals surface area contributed by atoms with Crippen LogP contribution in [0.5, 0.6) is 11.5 Å². The first-order valence-corrected chi connectivity index (χ1v) is 12.9. The summed E-state index contributed by atoms with van der Waals surface area (Å²) in [5, 5.41) is 2.63. The first-order valence-electron chi connectivity index (χ1n) is 12.0. The van der Waals surface area contributed by atoms with Crippen LogP contribution in [0.2, 0.25) is 0 Å². The summed E-state index contributed by atoms with van der Waals surface area (Å²) in [6.45, 7) is 4.32. The lowest BCUT2D eigenvalue weighted by Crippen LogP contribution is -2.38. The number of carbonyl (C=O) groups is 2. The fourth-order valence-corrected chi connectivity index (χ4v) is 5.34. The molecule has 0 spiro atoms. The number of carbonyl (C=O) groups excluding carboxylic acids is 2. The van der Waals surface area contributed by atoms with E-state index >= 15 is 0 Å². The second kappa shape index (κ2) is 11.6. The van der Waals surface area contributed by atoms with E-state index in [1.807, 2.05) is 52.8 Å². The van der Waals surface area contributed by atoms with E-state index in [9.17, 15) is 9.59 Å². The van der Waals surface area contributed by atoms with E-state index in [1.54, 1.807) is 46.1 Å². The maximum atomic E-state index is 13.3. The number of hydrogen-bond acceptors (Lipinski definition) is 8. The van der Waals surface area contributed by atoms with Gasteiger partial charge in [-0.05, 0) is 42.5 Å². The molecule has 2 heterocycles. The van der Waals surface area contributed by atoms with Crippen molar-refractivity contribution in [1.82, 2.24) is 9.80 Å². The molecule has 0 radical (unpaired) electrons. The molecule has 2 aliphatic heterocycles. The number of ether oxygens (including phenoxy) is 3. The number of amides is 1.